The quantitative estimate of drug-likeness (QED) is 0.0771. The largest absolute Gasteiger partial charge is 0.507 e. The molecule has 4 atom stereocenters. The Kier molecular flexibility index (Phi) is 8.44. The summed E-state index contributed by atoms with van der Waals surface area (Å²) in [5.74, 6) is -2.22. The number of rotatable bonds is 8. The van der Waals surface area contributed by atoms with Gasteiger partial charge < -0.3 is 14.8 Å². The molecule has 0 saturated carbocycles. The van der Waals surface area contributed by atoms with Crippen molar-refractivity contribution < 1.29 is 29.3 Å². The van der Waals surface area contributed by atoms with Crippen LogP contribution in [0.1, 0.15) is 44.2 Å². The molecule has 2 saturated heterocycles. The molecule has 3 aliphatic rings. The zero-order chi connectivity index (χ0) is 31.8. The van der Waals surface area contributed by atoms with Crippen LogP contribution in [0.25, 0.3) is 11.6 Å². The maximum absolute atomic E-state index is 14.0. The average Bonchev–Trinajstić information content (AvgIpc) is 3.28. The molecule has 2 heterocycles. The van der Waals surface area contributed by atoms with Gasteiger partial charge in [-0.05, 0) is 72.3 Å². The molecular formula is C35H35BN2O7. The second kappa shape index (κ2) is 12.5. The van der Waals surface area contributed by atoms with Crippen molar-refractivity contribution in [3.63, 3.8) is 0 Å². The van der Waals surface area contributed by atoms with Crippen LogP contribution in [0.15, 0.2) is 90.0 Å². The fraction of sp³-hybridized carbons (Fsp3) is 0.314. The summed E-state index contributed by atoms with van der Waals surface area (Å²) in [5.41, 5.74) is 4.71. The van der Waals surface area contributed by atoms with E-state index in [1.54, 1.807) is 18.2 Å². The SMILES string of the molecule is CC(C)C1=C2[C@@H](CC/C(=C/c3ccccc3O)c3ccccc3)OB(O)C[C@@H]2[C@@H]2C(=O)N(c3cccc([N+](=O)[O-])c3)C(=O)[C@@H]2C1. The molecule has 230 valence electrons. The van der Waals surface area contributed by atoms with E-state index in [0.29, 0.717) is 24.8 Å². The van der Waals surface area contributed by atoms with Crippen molar-refractivity contribution in [1.82, 2.24) is 0 Å². The second-order valence-electron chi connectivity index (χ2n) is 12.3. The van der Waals surface area contributed by atoms with Crippen LogP contribution >= 0.6 is 0 Å². The smallest absolute Gasteiger partial charge is 0.455 e. The molecule has 2 amide bonds. The van der Waals surface area contributed by atoms with Crippen LogP contribution in [0.2, 0.25) is 6.32 Å². The number of nitrogens with zero attached hydrogens (tertiary/aromatic N) is 2. The van der Waals surface area contributed by atoms with Crippen molar-refractivity contribution in [2.75, 3.05) is 4.90 Å². The van der Waals surface area contributed by atoms with Gasteiger partial charge in [0.2, 0.25) is 11.8 Å². The normalized spacial score (nSPS) is 23.4. The number of non-ortho nitro benzene ring substituents is 1. The van der Waals surface area contributed by atoms with Gasteiger partial charge in [-0.15, -0.1) is 0 Å². The standard InChI is InChI=1S/C35H35BN2O7/c1-21(2)27-19-28-33(35(41)37(34(28)40)25-12-8-13-26(18-25)38(43)44)29-20-36(42)45-31(32(27)29)16-15-23(22-9-4-3-5-10-22)17-24-11-6-7-14-30(24)39/h3-14,17-18,21,28-29,31,33,39,42H,15-16,19-20H2,1-2H3/b23-17-/t28-,29+,31-,33-/m1/s1. The maximum Gasteiger partial charge on any atom is 0.455 e. The number of aromatic hydroxyl groups is 1. The van der Waals surface area contributed by atoms with Crippen LogP contribution in [-0.4, -0.2) is 40.1 Å². The Hall–Kier alpha value is -4.54. The minimum Gasteiger partial charge on any atom is -0.507 e. The fourth-order valence-electron chi connectivity index (χ4n) is 7.29. The van der Waals surface area contributed by atoms with Gasteiger partial charge in [0, 0.05) is 17.7 Å². The number of phenolic OH excluding ortho intramolecular Hbond substituents is 1. The second-order valence-corrected chi connectivity index (χ2v) is 12.3. The van der Waals surface area contributed by atoms with E-state index in [1.165, 1.54) is 18.2 Å². The van der Waals surface area contributed by atoms with E-state index >= 15 is 0 Å². The number of imide groups is 1. The molecular weight excluding hydrogens is 571 g/mol. The number of hydrogen-bond donors (Lipinski definition) is 2. The van der Waals surface area contributed by atoms with Gasteiger partial charge in [-0.1, -0.05) is 74.0 Å². The molecule has 45 heavy (non-hydrogen) atoms. The number of nitro benzene ring substituents is 1. The number of nitro groups is 1. The molecule has 10 heteroatoms. The first kappa shape index (κ1) is 30.5. The van der Waals surface area contributed by atoms with Crippen molar-refractivity contribution in [2.24, 2.45) is 23.7 Å². The highest BCUT2D eigenvalue weighted by atomic mass is 16.6. The van der Waals surface area contributed by atoms with Crippen molar-refractivity contribution in [2.45, 2.75) is 45.5 Å². The van der Waals surface area contributed by atoms with E-state index in [-0.39, 0.29) is 35.3 Å². The van der Waals surface area contributed by atoms with Crippen LogP contribution in [0.4, 0.5) is 11.4 Å². The number of fused-ring (bicyclic) bond motifs is 3. The van der Waals surface area contributed by atoms with Crippen molar-refractivity contribution in [1.29, 1.82) is 0 Å². The number of allylic oxidation sites excluding steroid dienone is 2. The number of phenols is 1. The molecule has 3 aromatic rings. The first-order valence-corrected chi connectivity index (χ1v) is 15.4. The summed E-state index contributed by atoms with van der Waals surface area (Å²) in [7, 11) is -1.12. The summed E-state index contributed by atoms with van der Waals surface area (Å²) in [6.45, 7) is 4.13. The third kappa shape index (κ3) is 5.83. The Labute approximate surface area is 262 Å². The number of para-hydroxylation sites is 1. The van der Waals surface area contributed by atoms with Gasteiger partial charge in [-0.2, -0.15) is 0 Å². The summed E-state index contributed by atoms with van der Waals surface area (Å²) in [6.07, 6.45) is 3.14. The van der Waals surface area contributed by atoms with Crippen LogP contribution in [0.3, 0.4) is 0 Å². The Bertz CT molecular complexity index is 1700. The highest BCUT2D eigenvalue weighted by Crippen LogP contribution is 2.52. The van der Waals surface area contributed by atoms with Crippen LogP contribution < -0.4 is 4.90 Å². The van der Waals surface area contributed by atoms with Gasteiger partial charge in [0.05, 0.1) is 28.6 Å². The number of hydrogen-bond acceptors (Lipinski definition) is 7. The number of anilines is 1. The molecule has 0 unspecified atom stereocenters. The molecule has 0 radical (unpaired) electrons. The molecule has 0 aromatic heterocycles. The highest BCUT2D eigenvalue weighted by molar-refractivity contribution is 6.43. The minimum atomic E-state index is -1.12. The molecule has 9 nitrogen and oxygen atoms in total. The van der Waals surface area contributed by atoms with E-state index in [9.17, 15) is 29.8 Å². The lowest BCUT2D eigenvalue weighted by Gasteiger charge is -2.44. The Morgan fingerprint density at radius 1 is 1.04 bits per heavy atom. The summed E-state index contributed by atoms with van der Waals surface area (Å²) in [5, 5.41) is 32.9. The van der Waals surface area contributed by atoms with Crippen LogP contribution in [-0.2, 0) is 14.2 Å². The number of carbonyl (C=O) groups is 2. The molecule has 0 bridgehead atoms. The molecule has 6 rings (SSSR count). The van der Waals surface area contributed by atoms with E-state index in [1.807, 2.05) is 48.5 Å². The zero-order valence-corrected chi connectivity index (χ0v) is 25.2. The Morgan fingerprint density at radius 2 is 1.78 bits per heavy atom. The van der Waals surface area contributed by atoms with Crippen molar-refractivity contribution >= 4 is 42.0 Å². The van der Waals surface area contributed by atoms with E-state index < -0.39 is 41.8 Å². The maximum atomic E-state index is 14.0. The lowest BCUT2D eigenvalue weighted by atomic mass is 9.57. The van der Waals surface area contributed by atoms with Gasteiger partial charge in [0.1, 0.15) is 5.75 Å². The van der Waals surface area contributed by atoms with Crippen LogP contribution in [0.5, 0.6) is 5.75 Å². The lowest BCUT2D eigenvalue weighted by Crippen LogP contribution is -2.46. The first-order chi connectivity index (χ1) is 21.6. The number of amides is 2. The summed E-state index contributed by atoms with van der Waals surface area (Å²) in [4.78, 5) is 39.8. The lowest BCUT2D eigenvalue weighted by molar-refractivity contribution is -0.384. The van der Waals surface area contributed by atoms with Gasteiger partial charge in [-0.25, -0.2) is 4.90 Å². The van der Waals surface area contributed by atoms with Gasteiger partial charge in [0.25, 0.3) is 5.69 Å². The third-order valence-corrected chi connectivity index (χ3v) is 9.33. The average molecular weight is 606 g/mol. The first-order valence-electron chi connectivity index (χ1n) is 15.4. The van der Waals surface area contributed by atoms with Crippen molar-refractivity contribution in [3.8, 4) is 5.75 Å². The van der Waals surface area contributed by atoms with E-state index in [0.717, 1.165) is 27.2 Å². The molecule has 2 aliphatic heterocycles. The van der Waals surface area contributed by atoms with Crippen molar-refractivity contribution in [3.05, 3.63) is 111 Å². The van der Waals surface area contributed by atoms with Gasteiger partial charge >= 0.3 is 7.12 Å². The molecule has 2 fully saturated rings. The van der Waals surface area contributed by atoms with Gasteiger partial charge in [-0.3, -0.25) is 19.7 Å². The molecule has 3 aromatic carbocycles. The monoisotopic (exact) mass is 606 g/mol. The topological polar surface area (TPSA) is 130 Å². The van der Waals surface area contributed by atoms with Gasteiger partial charge in [0.15, 0.2) is 0 Å². The zero-order valence-electron chi connectivity index (χ0n) is 25.2. The molecule has 0 spiro atoms. The predicted molar refractivity (Wildman–Crippen MR) is 172 cm³/mol. The Morgan fingerprint density at radius 3 is 2.49 bits per heavy atom. The third-order valence-electron chi connectivity index (χ3n) is 9.33. The number of carbonyl (C=O) groups excluding carboxylic acids is 2. The summed E-state index contributed by atoms with van der Waals surface area (Å²) < 4.78 is 6.20. The molecule has 2 N–H and O–H groups in total. The Balaban J connectivity index is 1.34. The predicted octanol–water partition coefficient (Wildman–Crippen LogP) is 6.28. The number of benzene rings is 3. The summed E-state index contributed by atoms with van der Waals surface area (Å²) in [6, 6.07) is 22.6. The van der Waals surface area contributed by atoms with E-state index in [4.69, 9.17) is 4.65 Å². The molecule has 1 aliphatic carbocycles. The van der Waals surface area contributed by atoms with E-state index in [2.05, 4.69) is 13.8 Å². The van der Waals surface area contributed by atoms with Crippen LogP contribution in [0, 0.1) is 33.8 Å². The fourth-order valence-corrected chi connectivity index (χ4v) is 7.29. The minimum absolute atomic E-state index is 0.0740. The highest BCUT2D eigenvalue weighted by Gasteiger charge is 2.58. The summed E-state index contributed by atoms with van der Waals surface area (Å²) >= 11 is 0.